The van der Waals surface area contributed by atoms with Crippen LogP contribution in [0, 0.1) is 23.2 Å². The van der Waals surface area contributed by atoms with Gasteiger partial charge in [-0.3, -0.25) is 4.79 Å². The molecule has 0 aliphatic heterocycles. The first-order chi connectivity index (χ1) is 7.65. The molecule has 3 heteroatoms. The largest absolute Gasteiger partial charge is 0.355 e. The number of carbonyl (C=O) groups excluding carboxylic acids is 1. The van der Waals surface area contributed by atoms with E-state index in [4.69, 9.17) is 5.26 Å². The van der Waals surface area contributed by atoms with Gasteiger partial charge in [0.15, 0.2) is 0 Å². The second-order valence-corrected chi connectivity index (χ2v) is 4.65. The molecule has 3 nitrogen and oxygen atoms in total. The van der Waals surface area contributed by atoms with Crippen molar-refractivity contribution in [3.8, 4) is 6.07 Å². The Morgan fingerprint density at radius 3 is 2.88 bits per heavy atom. The highest BCUT2D eigenvalue weighted by Crippen LogP contribution is 2.19. The molecule has 0 saturated carbocycles. The minimum absolute atomic E-state index is 0.0793. The van der Waals surface area contributed by atoms with Crippen LogP contribution in [-0.4, -0.2) is 12.5 Å². The summed E-state index contributed by atoms with van der Waals surface area (Å²) in [6.07, 6.45) is 6.78. The summed E-state index contributed by atoms with van der Waals surface area (Å²) in [7, 11) is 0. The molecule has 1 aliphatic rings. The fraction of sp³-hybridized carbons (Fsp3) is 0.692. The zero-order valence-electron chi connectivity index (χ0n) is 10.1. The van der Waals surface area contributed by atoms with E-state index in [9.17, 15) is 4.79 Å². The van der Waals surface area contributed by atoms with Crippen LogP contribution < -0.4 is 5.32 Å². The number of hydrogen-bond donors (Lipinski definition) is 1. The van der Waals surface area contributed by atoms with E-state index in [1.54, 1.807) is 0 Å². The van der Waals surface area contributed by atoms with E-state index >= 15 is 0 Å². The fourth-order valence-corrected chi connectivity index (χ4v) is 1.93. The molecule has 0 saturated heterocycles. The Bertz CT molecular complexity index is 312. The maximum absolute atomic E-state index is 11.6. The molecule has 0 aromatic heterocycles. The van der Waals surface area contributed by atoms with Gasteiger partial charge in [0.25, 0.3) is 0 Å². The number of amides is 1. The van der Waals surface area contributed by atoms with E-state index in [0.717, 1.165) is 6.42 Å². The third kappa shape index (κ3) is 3.69. The molecule has 1 N–H and O–H groups in total. The standard InChI is InChI=1S/C13H20N2O/c1-10(2)12(9-14)13(16)15-8-7-11-5-3-4-6-11/h5,10,12H,3-4,6-8H2,1-2H3,(H,15,16). The van der Waals surface area contributed by atoms with E-state index in [0.29, 0.717) is 6.54 Å². The Morgan fingerprint density at radius 1 is 1.62 bits per heavy atom. The zero-order valence-corrected chi connectivity index (χ0v) is 10.1. The van der Waals surface area contributed by atoms with Crippen LogP contribution in [0.4, 0.5) is 0 Å². The SMILES string of the molecule is CC(C)C(C#N)C(=O)NCCC1=CCCC1. The number of allylic oxidation sites excluding steroid dienone is 1. The maximum atomic E-state index is 11.6. The first-order valence-electron chi connectivity index (χ1n) is 6.00. The van der Waals surface area contributed by atoms with Crippen LogP contribution in [0.3, 0.4) is 0 Å². The van der Waals surface area contributed by atoms with Gasteiger partial charge >= 0.3 is 0 Å². The van der Waals surface area contributed by atoms with Gasteiger partial charge in [-0.2, -0.15) is 5.26 Å². The Balaban J connectivity index is 2.26. The molecule has 1 aliphatic carbocycles. The molecule has 1 amide bonds. The molecule has 0 spiro atoms. The van der Waals surface area contributed by atoms with E-state index in [1.165, 1.54) is 24.8 Å². The monoisotopic (exact) mass is 220 g/mol. The van der Waals surface area contributed by atoms with Crippen molar-refractivity contribution >= 4 is 5.91 Å². The third-order valence-electron chi connectivity index (χ3n) is 2.97. The predicted molar refractivity (Wildman–Crippen MR) is 63.5 cm³/mol. The minimum Gasteiger partial charge on any atom is -0.355 e. The third-order valence-corrected chi connectivity index (χ3v) is 2.97. The highest BCUT2D eigenvalue weighted by molar-refractivity contribution is 5.81. The molecule has 1 unspecified atom stereocenters. The molecule has 0 heterocycles. The Morgan fingerprint density at radius 2 is 2.38 bits per heavy atom. The predicted octanol–water partition coefficient (Wildman–Crippen LogP) is 2.40. The van der Waals surface area contributed by atoms with Gasteiger partial charge in [-0.05, 0) is 31.6 Å². The van der Waals surface area contributed by atoms with Gasteiger partial charge in [0, 0.05) is 6.54 Å². The first kappa shape index (κ1) is 12.8. The first-order valence-corrected chi connectivity index (χ1v) is 6.00. The number of nitrogens with one attached hydrogen (secondary N) is 1. The van der Waals surface area contributed by atoms with Crippen molar-refractivity contribution in [2.75, 3.05) is 6.54 Å². The second kappa shape index (κ2) is 6.32. The summed E-state index contributed by atoms with van der Waals surface area (Å²) in [5, 5.41) is 11.7. The van der Waals surface area contributed by atoms with Crippen LogP contribution in [0.2, 0.25) is 0 Å². The van der Waals surface area contributed by atoms with Gasteiger partial charge in [-0.15, -0.1) is 0 Å². The molecule has 0 fully saturated rings. The summed E-state index contributed by atoms with van der Waals surface area (Å²) in [6.45, 7) is 4.45. The summed E-state index contributed by atoms with van der Waals surface area (Å²) >= 11 is 0. The van der Waals surface area contributed by atoms with Crippen LogP contribution in [-0.2, 0) is 4.79 Å². The highest BCUT2D eigenvalue weighted by atomic mass is 16.1. The van der Waals surface area contributed by atoms with Crippen LogP contribution in [0.5, 0.6) is 0 Å². The van der Waals surface area contributed by atoms with Crippen LogP contribution >= 0.6 is 0 Å². The van der Waals surface area contributed by atoms with Gasteiger partial charge in [0.1, 0.15) is 5.92 Å². The molecule has 16 heavy (non-hydrogen) atoms. The van der Waals surface area contributed by atoms with E-state index in [1.807, 2.05) is 13.8 Å². The molecule has 0 bridgehead atoms. The number of nitrogens with zero attached hydrogens (tertiary/aromatic N) is 1. The van der Waals surface area contributed by atoms with Crippen LogP contribution in [0.25, 0.3) is 0 Å². The van der Waals surface area contributed by atoms with Gasteiger partial charge in [0.05, 0.1) is 6.07 Å². The fourth-order valence-electron chi connectivity index (χ4n) is 1.93. The molecule has 0 aromatic rings. The minimum atomic E-state index is -0.516. The zero-order chi connectivity index (χ0) is 12.0. The lowest BCUT2D eigenvalue weighted by molar-refractivity contribution is -0.124. The summed E-state index contributed by atoms with van der Waals surface area (Å²) < 4.78 is 0. The van der Waals surface area contributed by atoms with Crippen molar-refractivity contribution in [2.24, 2.45) is 11.8 Å². The van der Waals surface area contributed by atoms with Crippen LogP contribution in [0.15, 0.2) is 11.6 Å². The Labute approximate surface area is 97.5 Å². The molecule has 88 valence electrons. The highest BCUT2D eigenvalue weighted by Gasteiger charge is 2.20. The molecule has 1 rings (SSSR count). The number of carbonyl (C=O) groups is 1. The van der Waals surface area contributed by atoms with Gasteiger partial charge in [-0.25, -0.2) is 0 Å². The average molecular weight is 220 g/mol. The van der Waals surface area contributed by atoms with Crippen molar-refractivity contribution in [1.82, 2.24) is 5.32 Å². The maximum Gasteiger partial charge on any atom is 0.237 e. The Kier molecular flexibility index (Phi) is 5.04. The Hall–Kier alpha value is -1.30. The summed E-state index contributed by atoms with van der Waals surface area (Å²) in [4.78, 5) is 11.6. The van der Waals surface area contributed by atoms with E-state index in [-0.39, 0.29) is 11.8 Å². The van der Waals surface area contributed by atoms with Gasteiger partial charge in [-0.1, -0.05) is 25.5 Å². The number of rotatable bonds is 5. The number of nitriles is 1. The van der Waals surface area contributed by atoms with Crippen molar-refractivity contribution in [1.29, 1.82) is 5.26 Å². The second-order valence-electron chi connectivity index (χ2n) is 4.65. The van der Waals surface area contributed by atoms with E-state index in [2.05, 4.69) is 17.5 Å². The van der Waals surface area contributed by atoms with Crippen LogP contribution in [0.1, 0.15) is 39.5 Å². The van der Waals surface area contributed by atoms with Gasteiger partial charge < -0.3 is 5.32 Å². The lowest BCUT2D eigenvalue weighted by Gasteiger charge is -2.13. The normalized spacial score (nSPS) is 16.8. The number of hydrogen-bond acceptors (Lipinski definition) is 2. The lowest BCUT2D eigenvalue weighted by Crippen LogP contribution is -2.33. The molecular weight excluding hydrogens is 200 g/mol. The summed E-state index contributed by atoms with van der Waals surface area (Å²) in [6, 6.07) is 2.05. The quantitative estimate of drug-likeness (QED) is 0.723. The van der Waals surface area contributed by atoms with Crippen molar-refractivity contribution in [2.45, 2.75) is 39.5 Å². The smallest absolute Gasteiger partial charge is 0.237 e. The van der Waals surface area contributed by atoms with E-state index < -0.39 is 5.92 Å². The van der Waals surface area contributed by atoms with Gasteiger partial charge in [0.2, 0.25) is 5.91 Å². The molecule has 1 atom stereocenters. The van der Waals surface area contributed by atoms with Crippen molar-refractivity contribution in [3.05, 3.63) is 11.6 Å². The lowest BCUT2D eigenvalue weighted by atomic mass is 9.96. The molecular formula is C13H20N2O. The average Bonchev–Trinajstić information content (AvgIpc) is 2.71. The van der Waals surface area contributed by atoms with Crippen molar-refractivity contribution in [3.63, 3.8) is 0 Å². The molecule has 0 radical (unpaired) electrons. The van der Waals surface area contributed by atoms with Crippen molar-refractivity contribution < 1.29 is 4.79 Å². The summed E-state index contributed by atoms with van der Waals surface area (Å²) in [5.74, 6) is -0.565. The summed E-state index contributed by atoms with van der Waals surface area (Å²) in [5.41, 5.74) is 1.44. The topological polar surface area (TPSA) is 52.9 Å². The molecule has 0 aromatic carbocycles.